The van der Waals surface area contributed by atoms with Crippen LogP contribution in [0.5, 0.6) is 0 Å². The van der Waals surface area contributed by atoms with Crippen LogP contribution in [0, 0.1) is 0 Å². The lowest BCUT2D eigenvalue weighted by molar-refractivity contribution is 0.327. The van der Waals surface area contributed by atoms with Gasteiger partial charge in [-0.2, -0.15) is 8.61 Å². The van der Waals surface area contributed by atoms with Crippen molar-refractivity contribution in [3.8, 4) is 0 Å². The Balaban J connectivity index is 1.80. The molecule has 27 heavy (non-hydrogen) atoms. The maximum absolute atomic E-state index is 13.2. The molecule has 0 spiro atoms. The lowest BCUT2D eigenvalue weighted by Crippen LogP contribution is -2.49. The molecule has 3 rings (SSSR count). The van der Waals surface area contributed by atoms with Gasteiger partial charge >= 0.3 is 0 Å². The Bertz CT molecular complexity index is 831. The van der Waals surface area contributed by atoms with Gasteiger partial charge in [-0.15, -0.1) is 0 Å². The van der Waals surface area contributed by atoms with Crippen molar-refractivity contribution >= 4 is 36.0 Å². The zero-order chi connectivity index (χ0) is 19.5. The van der Waals surface area contributed by atoms with Crippen LogP contribution in [0.25, 0.3) is 0 Å². The maximum Gasteiger partial charge on any atom is 0.243 e. The van der Waals surface area contributed by atoms with E-state index >= 15 is 0 Å². The second kappa shape index (κ2) is 8.87. The van der Waals surface area contributed by atoms with Crippen molar-refractivity contribution in [2.24, 2.45) is 0 Å². The maximum atomic E-state index is 13.2. The highest BCUT2D eigenvalue weighted by Gasteiger charge is 2.35. The van der Waals surface area contributed by atoms with Crippen LogP contribution in [0.3, 0.4) is 0 Å². The van der Waals surface area contributed by atoms with E-state index in [0.29, 0.717) is 26.2 Å². The van der Waals surface area contributed by atoms with Crippen molar-refractivity contribution < 1.29 is 16.8 Å². The fraction of sp³-hybridized carbons (Fsp3) is 0.647. The monoisotopic (exact) mass is 479 g/mol. The molecule has 0 radical (unpaired) electrons. The summed E-state index contributed by atoms with van der Waals surface area (Å²) in [6.07, 6.45) is 3.51. The topological polar surface area (TPSA) is 86.8 Å². The predicted molar refractivity (Wildman–Crippen MR) is 109 cm³/mol. The van der Waals surface area contributed by atoms with Crippen molar-refractivity contribution in [2.75, 3.05) is 38.5 Å². The van der Waals surface area contributed by atoms with Crippen LogP contribution in [-0.4, -0.2) is 70.0 Å². The van der Waals surface area contributed by atoms with Gasteiger partial charge in [-0.25, -0.2) is 16.8 Å². The summed E-state index contributed by atoms with van der Waals surface area (Å²) in [7, 11) is -7.21. The average Bonchev–Trinajstić information content (AvgIpc) is 3.17. The van der Waals surface area contributed by atoms with E-state index in [4.69, 9.17) is 0 Å². The van der Waals surface area contributed by atoms with Gasteiger partial charge in [-0.3, -0.25) is 0 Å². The van der Waals surface area contributed by atoms with Crippen LogP contribution in [0.4, 0.5) is 0 Å². The van der Waals surface area contributed by atoms with Crippen LogP contribution < -0.4 is 5.32 Å². The minimum absolute atomic E-state index is 0.00464. The minimum atomic E-state index is -3.74. The smallest absolute Gasteiger partial charge is 0.243 e. The summed E-state index contributed by atoms with van der Waals surface area (Å²) in [5.74, 6) is -0.181. The SMILES string of the molecule is O=S(=O)(CCN(C1CCCC1)S(=O)(=O)c1ccc(Br)cc1)N1CCNCC1. The minimum Gasteiger partial charge on any atom is -0.314 e. The highest BCUT2D eigenvalue weighted by atomic mass is 79.9. The number of benzene rings is 1. The number of rotatable bonds is 7. The van der Waals surface area contributed by atoms with Crippen molar-refractivity contribution in [1.29, 1.82) is 0 Å². The Morgan fingerprint density at radius 3 is 2.22 bits per heavy atom. The number of nitrogens with zero attached hydrogens (tertiary/aromatic N) is 2. The molecule has 0 amide bonds. The van der Waals surface area contributed by atoms with Gasteiger partial charge in [-0.1, -0.05) is 28.8 Å². The highest BCUT2D eigenvalue weighted by Crippen LogP contribution is 2.29. The largest absolute Gasteiger partial charge is 0.314 e. The molecule has 0 aromatic heterocycles. The first-order chi connectivity index (χ1) is 12.8. The Hall–Kier alpha value is -0.520. The number of piperazine rings is 1. The molecule has 1 saturated carbocycles. The van der Waals surface area contributed by atoms with Crippen LogP contribution in [0.1, 0.15) is 25.7 Å². The molecule has 1 saturated heterocycles. The third-order valence-corrected chi connectivity index (χ3v) is 9.54. The van der Waals surface area contributed by atoms with Gasteiger partial charge in [0.15, 0.2) is 0 Å². The molecule has 1 aliphatic carbocycles. The standard InChI is InChI=1S/C17H26BrN3O4S2/c18-15-5-7-17(8-6-15)27(24,25)21(16-3-1-2-4-16)13-14-26(22,23)20-11-9-19-10-12-20/h5-8,16,19H,1-4,9-14H2. The molecule has 0 unspecified atom stereocenters. The average molecular weight is 480 g/mol. The molecule has 1 aliphatic heterocycles. The molecule has 152 valence electrons. The Kier molecular flexibility index (Phi) is 6.97. The fourth-order valence-corrected chi connectivity index (χ4v) is 7.18. The van der Waals surface area contributed by atoms with Crippen molar-refractivity contribution in [3.05, 3.63) is 28.7 Å². The first kappa shape index (κ1) is 21.2. The molecule has 2 fully saturated rings. The van der Waals surface area contributed by atoms with Crippen LogP contribution in [-0.2, 0) is 20.0 Å². The van der Waals surface area contributed by atoms with E-state index in [2.05, 4.69) is 21.2 Å². The summed E-state index contributed by atoms with van der Waals surface area (Å²) in [6, 6.07) is 6.38. The van der Waals surface area contributed by atoms with Gasteiger partial charge < -0.3 is 5.32 Å². The zero-order valence-corrected chi connectivity index (χ0v) is 18.4. The molecule has 1 heterocycles. The molecule has 1 aromatic carbocycles. The predicted octanol–water partition coefficient (Wildman–Crippen LogP) is 1.62. The quantitative estimate of drug-likeness (QED) is 0.641. The van der Waals surface area contributed by atoms with Crippen molar-refractivity contribution in [2.45, 2.75) is 36.6 Å². The van der Waals surface area contributed by atoms with Gasteiger partial charge in [-0.05, 0) is 37.1 Å². The summed E-state index contributed by atoms with van der Waals surface area (Å²) in [5, 5.41) is 3.13. The summed E-state index contributed by atoms with van der Waals surface area (Å²) in [5.41, 5.74) is 0. The van der Waals surface area contributed by atoms with E-state index in [1.165, 1.54) is 8.61 Å². The van der Waals surface area contributed by atoms with Gasteiger partial charge in [0.2, 0.25) is 20.0 Å². The number of sulfonamides is 2. The number of hydrogen-bond donors (Lipinski definition) is 1. The van der Waals surface area contributed by atoms with E-state index < -0.39 is 20.0 Å². The van der Waals surface area contributed by atoms with Crippen LogP contribution in [0.2, 0.25) is 0 Å². The molecular weight excluding hydrogens is 454 g/mol. The van der Waals surface area contributed by atoms with E-state index in [1.54, 1.807) is 24.3 Å². The van der Waals surface area contributed by atoms with Crippen molar-refractivity contribution in [1.82, 2.24) is 13.9 Å². The number of halogens is 1. The molecule has 1 N–H and O–H groups in total. The fourth-order valence-electron chi connectivity index (χ4n) is 3.69. The van der Waals surface area contributed by atoms with Crippen LogP contribution in [0.15, 0.2) is 33.6 Å². The molecule has 1 aromatic rings. The van der Waals surface area contributed by atoms with E-state index in [0.717, 1.165) is 30.2 Å². The lowest BCUT2D eigenvalue weighted by Gasteiger charge is -2.30. The summed E-state index contributed by atoms with van der Waals surface area (Å²) < 4.78 is 55.5. The lowest BCUT2D eigenvalue weighted by atomic mass is 10.2. The second-order valence-corrected chi connectivity index (χ2v) is 11.9. The van der Waals surface area contributed by atoms with E-state index in [1.807, 2.05) is 0 Å². The first-order valence-corrected chi connectivity index (χ1v) is 13.1. The van der Waals surface area contributed by atoms with Crippen molar-refractivity contribution in [3.63, 3.8) is 0 Å². The Labute approximate surface area is 170 Å². The number of nitrogens with one attached hydrogen (secondary N) is 1. The third kappa shape index (κ3) is 5.10. The van der Waals surface area contributed by atoms with Gasteiger partial charge in [0.25, 0.3) is 0 Å². The Morgan fingerprint density at radius 1 is 1.04 bits per heavy atom. The molecule has 7 nitrogen and oxygen atoms in total. The van der Waals surface area contributed by atoms with Crippen LogP contribution >= 0.6 is 15.9 Å². The molecule has 0 bridgehead atoms. The van der Waals surface area contributed by atoms with Gasteiger partial charge in [0, 0.05) is 43.2 Å². The summed E-state index contributed by atoms with van der Waals surface area (Å²) in [6.45, 7) is 2.12. The molecular formula is C17H26BrN3O4S2. The zero-order valence-electron chi connectivity index (χ0n) is 15.2. The first-order valence-electron chi connectivity index (χ1n) is 9.27. The second-order valence-electron chi connectivity index (χ2n) is 6.97. The summed E-state index contributed by atoms with van der Waals surface area (Å²) in [4.78, 5) is 0.206. The number of hydrogen-bond acceptors (Lipinski definition) is 5. The molecule has 0 atom stereocenters. The molecule has 2 aliphatic rings. The normalized spacial score (nSPS) is 20.4. The van der Waals surface area contributed by atoms with Gasteiger partial charge in [0.05, 0.1) is 10.6 Å². The third-order valence-electron chi connectivity index (χ3n) is 5.19. The highest BCUT2D eigenvalue weighted by molar-refractivity contribution is 9.10. The van der Waals surface area contributed by atoms with E-state index in [9.17, 15) is 16.8 Å². The summed E-state index contributed by atoms with van der Waals surface area (Å²) >= 11 is 3.32. The molecule has 10 heteroatoms. The van der Waals surface area contributed by atoms with Gasteiger partial charge in [0.1, 0.15) is 0 Å². The van der Waals surface area contributed by atoms with E-state index in [-0.39, 0.29) is 23.2 Å². The Morgan fingerprint density at radius 2 is 1.63 bits per heavy atom.